The quantitative estimate of drug-likeness (QED) is 0.621. The fourth-order valence-electron chi connectivity index (χ4n) is 3.24. The van der Waals surface area contributed by atoms with Gasteiger partial charge < -0.3 is 10.2 Å². The average molecular weight is 413 g/mol. The highest BCUT2D eigenvalue weighted by atomic mass is 19.1. The molecule has 1 N–H and O–H groups in total. The van der Waals surface area contributed by atoms with Crippen LogP contribution in [0.4, 0.5) is 4.39 Å². The van der Waals surface area contributed by atoms with Gasteiger partial charge in [-0.05, 0) is 35.6 Å². The topological polar surface area (TPSA) is 49.4 Å². The minimum absolute atomic E-state index is 0.0979. The van der Waals surface area contributed by atoms with Crippen LogP contribution in [0.25, 0.3) is 0 Å². The molecule has 0 bridgehead atoms. The van der Waals surface area contributed by atoms with Crippen molar-refractivity contribution in [2.24, 2.45) is 11.8 Å². The van der Waals surface area contributed by atoms with Crippen molar-refractivity contribution >= 4 is 11.8 Å². The zero-order chi connectivity index (χ0) is 22.1. The molecule has 0 aromatic heterocycles. The van der Waals surface area contributed by atoms with Crippen molar-refractivity contribution in [1.82, 2.24) is 10.2 Å². The summed E-state index contributed by atoms with van der Waals surface area (Å²) in [6.45, 7) is 8.70. The number of hydrogen-bond donors (Lipinski definition) is 1. The summed E-state index contributed by atoms with van der Waals surface area (Å²) >= 11 is 0. The first-order valence-corrected chi connectivity index (χ1v) is 10.6. The van der Waals surface area contributed by atoms with Crippen LogP contribution in [0, 0.1) is 17.7 Å². The molecule has 0 saturated heterocycles. The SMILES string of the molecule is CC(C)CCNC(=O)[C@@H](Cc1ccccc1)N(Cc1ccc(F)cc1)C(=O)C(C)C. The van der Waals surface area contributed by atoms with Crippen LogP contribution < -0.4 is 5.32 Å². The molecule has 4 nitrogen and oxygen atoms in total. The van der Waals surface area contributed by atoms with Crippen molar-refractivity contribution in [3.63, 3.8) is 0 Å². The molecule has 30 heavy (non-hydrogen) atoms. The van der Waals surface area contributed by atoms with Gasteiger partial charge in [0.15, 0.2) is 0 Å². The highest BCUT2D eigenvalue weighted by Gasteiger charge is 2.31. The second-order valence-electron chi connectivity index (χ2n) is 8.43. The second-order valence-corrected chi connectivity index (χ2v) is 8.43. The van der Waals surface area contributed by atoms with Gasteiger partial charge in [-0.1, -0.05) is 70.2 Å². The molecule has 0 spiro atoms. The van der Waals surface area contributed by atoms with Gasteiger partial charge in [-0.25, -0.2) is 4.39 Å². The predicted molar refractivity (Wildman–Crippen MR) is 118 cm³/mol. The summed E-state index contributed by atoms with van der Waals surface area (Å²) in [6.07, 6.45) is 1.30. The van der Waals surface area contributed by atoms with E-state index in [1.54, 1.807) is 17.0 Å². The molecular weight excluding hydrogens is 379 g/mol. The van der Waals surface area contributed by atoms with Crippen LogP contribution in [0.3, 0.4) is 0 Å². The summed E-state index contributed by atoms with van der Waals surface area (Å²) < 4.78 is 13.3. The number of carbonyl (C=O) groups is 2. The monoisotopic (exact) mass is 412 g/mol. The summed E-state index contributed by atoms with van der Waals surface area (Å²) in [7, 11) is 0. The molecule has 0 unspecified atom stereocenters. The van der Waals surface area contributed by atoms with Crippen molar-refractivity contribution in [3.8, 4) is 0 Å². The van der Waals surface area contributed by atoms with Gasteiger partial charge >= 0.3 is 0 Å². The Morgan fingerprint density at radius 1 is 0.933 bits per heavy atom. The maximum absolute atomic E-state index is 13.3. The largest absolute Gasteiger partial charge is 0.354 e. The van der Waals surface area contributed by atoms with E-state index in [0.717, 1.165) is 17.5 Å². The van der Waals surface area contributed by atoms with Gasteiger partial charge in [0.25, 0.3) is 0 Å². The van der Waals surface area contributed by atoms with Crippen LogP contribution in [0.2, 0.25) is 0 Å². The van der Waals surface area contributed by atoms with E-state index in [1.165, 1.54) is 12.1 Å². The Morgan fingerprint density at radius 2 is 1.57 bits per heavy atom. The normalized spacial score (nSPS) is 12.1. The fourth-order valence-corrected chi connectivity index (χ4v) is 3.24. The molecule has 0 heterocycles. The van der Waals surface area contributed by atoms with E-state index >= 15 is 0 Å². The third-order valence-electron chi connectivity index (χ3n) is 5.01. The standard InChI is InChI=1S/C25H33FN2O2/c1-18(2)14-15-27-24(29)23(16-20-8-6-5-7-9-20)28(25(30)19(3)4)17-21-10-12-22(26)13-11-21/h5-13,18-19,23H,14-17H2,1-4H3,(H,27,29)/t23-/m1/s1. The third-order valence-corrected chi connectivity index (χ3v) is 5.01. The van der Waals surface area contributed by atoms with Gasteiger partial charge in [-0.15, -0.1) is 0 Å². The Hall–Kier alpha value is -2.69. The highest BCUT2D eigenvalue weighted by Crippen LogP contribution is 2.17. The Labute approximate surface area is 179 Å². The number of hydrogen-bond acceptors (Lipinski definition) is 2. The zero-order valence-electron chi connectivity index (χ0n) is 18.4. The van der Waals surface area contributed by atoms with Gasteiger partial charge in [-0.3, -0.25) is 9.59 Å². The first-order chi connectivity index (χ1) is 14.3. The van der Waals surface area contributed by atoms with E-state index in [4.69, 9.17) is 0 Å². The van der Waals surface area contributed by atoms with Crippen LogP contribution in [0.5, 0.6) is 0 Å². The van der Waals surface area contributed by atoms with Crippen molar-refractivity contribution in [2.75, 3.05) is 6.54 Å². The number of benzene rings is 2. The van der Waals surface area contributed by atoms with Gasteiger partial charge in [0, 0.05) is 25.4 Å². The number of nitrogens with one attached hydrogen (secondary N) is 1. The molecule has 0 aliphatic rings. The minimum Gasteiger partial charge on any atom is -0.354 e. The van der Waals surface area contributed by atoms with Gasteiger partial charge in [-0.2, -0.15) is 0 Å². The summed E-state index contributed by atoms with van der Waals surface area (Å²) in [5, 5.41) is 3.01. The molecule has 0 aliphatic carbocycles. The Balaban J connectivity index is 2.32. The van der Waals surface area contributed by atoms with Crippen molar-refractivity contribution < 1.29 is 14.0 Å². The summed E-state index contributed by atoms with van der Waals surface area (Å²) in [5.41, 5.74) is 1.78. The average Bonchev–Trinajstić information content (AvgIpc) is 2.71. The van der Waals surface area contributed by atoms with Crippen LogP contribution >= 0.6 is 0 Å². The van der Waals surface area contributed by atoms with E-state index < -0.39 is 6.04 Å². The predicted octanol–water partition coefficient (Wildman–Crippen LogP) is 4.58. The molecule has 2 aromatic rings. The lowest BCUT2D eigenvalue weighted by Gasteiger charge is -2.33. The van der Waals surface area contributed by atoms with Crippen molar-refractivity contribution in [2.45, 2.75) is 53.1 Å². The van der Waals surface area contributed by atoms with E-state index in [0.29, 0.717) is 18.9 Å². The number of rotatable bonds is 10. The van der Waals surface area contributed by atoms with E-state index in [-0.39, 0.29) is 30.1 Å². The molecule has 2 aromatic carbocycles. The lowest BCUT2D eigenvalue weighted by Crippen LogP contribution is -2.51. The smallest absolute Gasteiger partial charge is 0.243 e. The Morgan fingerprint density at radius 3 is 2.13 bits per heavy atom. The molecule has 0 fully saturated rings. The van der Waals surface area contributed by atoms with E-state index in [9.17, 15) is 14.0 Å². The number of amides is 2. The number of halogens is 1. The van der Waals surface area contributed by atoms with Gasteiger partial charge in [0.2, 0.25) is 11.8 Å². The molecule has 5 heteroatoms. The summed E-state index contributed by atoms with van der Waals surface area (Å²) in [5.74, 6) is -0.361. The molecule has 1 atom stereocenters. The molecule has 0 aliphatic heterocycles. The highest BCUT2D eigenvalue weighted by molar-refractivity contribution is 5.88. The van der Waals surface area contributed by atoms with E-state index in [1.807, 2.05) is 44.2 Å². The van der Waals surface area contributed by atoms with Crippen molar-refractivity contribution in [3.05, 3.63) is 71.5 Å². The molecule has 0 saturated carbocycles. The van der Waals surface area contributed by atoms with Gasteiger partial charge in [0.05, 0.1) is 0 Å². The van der Waals surface area contributed by atoms with Crippen LogP contribution in [-0.4, -0.2) is 29.3 Å². The Kier molecular flexibility index (Phi) is 9.03. The molecular formula is C25H33FN2O2. The van der Waals surface area contributed by atoms with Crippen LogP contribution in [0.1, 0.15) is 45.2 Å². The molecule has 2 rings (SSSR count). The first-order valence-electron chi connectivity index (χ1n) is 10.6. The Bertz CT molecular complexity index is 804. The third kappa shape index (κ3) is 7.29. The minimum atomic E-state index is -0.639. The summed E-state index contributed by atoms with van der Waals surface area (Å²) in [6, 6.07) is 15.1. The molecule has 2 amide bonds. The number of nitrogens with zero attached hydrogens (tertiary/aromatic N) is 1. The maximum Gasteiger partial charge on any atom is 0.243 e. The zero-order valence-corrected chi connectivity index (χ0v) is 18.4. The molecule has 0 radical (unpaired) electrons. The molecule has 162 valence electrons. The first kappa shape index (κ1) is 23.6. The van der Waals surface area contributed by atoms with Crippen molar-refractivity contribution in [1.29, 1.82) is 0 Å². The lowest BCUT2D eigenvalue weighted by atomic mass is 10.0. The van der Waals surface area contributed by atoms with Crippen LogP contribution in [0.15, 0.2) is 54.6 Å². The summed E-state index contributed by atoms with van der Waals surface area (Å²) in [4.78, 5) is 27.9. The lowest BCUT2D eigenvalue weighted by molar-refractivity contribution is -0.143. The fraction of sp³-hybridized carbons (Fsp3) is 0.440. The van der Waals surface area contributed by atoms with Crippen LogP contribution in [-0.2, 0) is 22.6 Å². The number of carbonyl (C=O) groups excluding carboxylic acids is 2. The second kappa shape index (κ2) is 11.5. The maximum atomic E-state index is 13.3. The van der Waals surface area contributed by atoms with Gasteiger partial charge in [0.1, 0.15) is 11.9 Å². The van der Waals surface area contributed by atoms with E-state index in [2.05, 4.69) is 19.2 Å².